The highest BCUT2D eigenvalue weighted by Gasteiger charge is 2.22. The Morgan fingerprint density at radius 1 is 1.07 bits per heavy atom. The molecule has 0 spiro atoms. The number of primary amides is 1. The Balaban J connectivity index is 1.47. The number of fused-ring (bicyclic) bond motifs is 1. The number of nitrogens with one attached hydrogen (secondary N) is 3. The van der Waals surface area contributed by atoms with Crippen LogP contribution in [0.15, 0.2) is 83.8 Å². The minimum absolute atomic E-state index is 0.0206. The maximum absolute atomic E-state index is 13.3. The molecule has 0 saturated heterocycles. The highest BCUT2D eigenvalue weighted by Crippen LogP contribution is 2.20. The number of hydrogen-bond donors (Lipinski definition) is 4. The number of amides is 3. The quantitative estimate of drug-likeness (QED) is 0.174. The number of aromatic amines is 1. The van der Waals surface area contributed by atoms with Crippen LogP contribution in [0.1, 0.15) is 43.6 Å². The molecule has 11 heteroatoms. The number of nitrogens with zero attached hydrogens (tertiary/aromatic N) is 2. The number of alkyl carbamates (subject to hydrolysis) is 1. The van der Waals surface area contributed by atoms with E-state index in [1.54, 1.807) is 12.3 Å². The van der Waals surface area contributed by atoms with Crippen molar-refractivity contribution in [2.24, 2.45) is 11.7 Å². The van der Waals surface area contributed by atoms with Crippen molar-refractivity contribution < 1.29 is 19.1 Å². The zero-order valence-electron chi connectivity index (χ0n) is 24.2. The number of allylic oxidation sites excluding steroid dienone is 1. The van der Waals surface area contributed by atoms with E-state index in [0.717, 1.165) is 28.6 Å². The van der Waals surface area contributed by atoms with Gasteiger partial charge in [0.05, 0.1) is 17.6 Å². The van der Waals surface area contributed by atoms with Crippen molar-refractivity contribution in [1.82, 2.24) is 19.9 Å². The largest absolute Gasteiger partial charge is 0.445 e. The van der Waals surface area contributed by atoms with Crippen LogP contribution in [0.25, 0.3) is 11.0 Å². The average Bonchev–Trinajstić information content (AvgIpc) is 3.39. The molecular formula is C32H36N6O5. The van der Waals surface area contributed by atoms with Gasteiger partial charge < -0.3 is 30.7 Å². The van der Waals surface area contributed by atoms with E-state index in [4.69, 9.17) is 15.5 Å². The van der Waals surface area contributed by atoms with Crippen molar-refractivity contribution in [2.75, 3.05) is 5.32 Å². The van der Waals surface area contributed by atoms with Crippen molar-refractivity contribution >= 4 is 34.6 Å². The van der Waals surface area contributed by atoms with E-state index in [1.165, 1.54) is 22.8 Å². The molecule has 0 fully saturated rings. The first-order valence-corrected chi connectivity index (χ1v) is 14.1. The van der Waals surface area contributed by atoms with Crippen molar-refractivity contribution in [3.8, 4) is 0 Å². The highest BCUT2D eigenvalue weighted by atomic mass is 16.5. The van der Waals surface area contributed by atoms with E-state index in [0.29, 0.717) is 11.7 Å². The number of nitrogens with two attached hydrogens (primary N) is 1. The van der Waals surface area contributed by atoms with Gasteiger partial charge in [0.15, 0.2) is 0 Å². The number of carbonyl (C=O) groups excluding carboxylic acids is 3. The van der Waals surface area contributed by atoms with Gasteiger partial charge in [0.25, 0.3) is 5.56 Å². The molecule has 1 unspecified atom stereocenters. The first-order chi connectivity index (χ1) is 20.7. The maximum Gasteiger partial charge on any atom is 0.408 e. The number of ether oxygens (including phenoxy) is 1. The summed E-state index contributed by atoms with van der Waals surface area (Å²) in [5.41, 5.74) is 8.44. The molecule has 0 aliphatic carbocycles. The molecule has 11 nitrogen and oxygen atoms in total. The lowest BCUT2D eigenvalue weighted by atomic mass is 10.0. The predicted molar refractivity (Wildman–Crippen MR) is 164 cm³/mol. The van der Waals surface area contributed by atoms with E-state index < -0.39 is 29.5 Å². The lowest BCUT2D eigenvalue weighted by Gasteiger charge is -2.18. The Kier molecular flexibility index (Phi) is 10.5. The third-order valence-corrected chi connectivity index (χ3v) is 6.60. The Hall–Kier alpha value is -5.19. The Bertz CT molecular complexity index is 1660. The van der Waals surface area contributed by atoms with Crippen LogP contribution in [0.2, 0.25) is 0 Å². The zero-order valence-corrected chi connectivity index (χ0v) is 24.2. The summed E-state index contributed by atoms with van der Waals surface area (Å²) in [6.45, 7) is 4.49. The van der Waals surface area contributed by atoms with Crippen molar-refractivity contribution in [2.45, 2.75) is 52.3 Å². The monoisotopic (exact) mass is 584 g/mol. The van der Waals surface area contributed by atoms with Gasteiger partial charge in [0, 0.05) is 6.20 Å². The SMILES string of the molecule is CC(C)Cc1cccc2[nH]c(Cn3cccc(NC(=O)C(CC/C=C/C(N)=O)NC(=O)OCc4ccccc4)c3=O)nc12. The van der Waals surface area contributed by atoms with Crippen LogP contribution < -0.4 is 21.9 Å². The smallest absolute Gasteiger partial charge is 0.408 e. The summed E-state index contributed by atoms with van der Waals surface area (Å²) in [5.74, 6) is -0.154. The second-order valence-corrected chi connectivity index (χ2v) is 10.6. The molecule has 2 aromatic heterocycles. The van der Waals surface area contributed by atoms with E-state index >= 15 is 0 Å². The third kappa shape index (κ3) is 8.90. The second kappa shape index (κ2) is 14.6. The Labute approximate surface area is 249 Å². The molecule has 0 bridgehead atoms. The zero-order chi connectivity index (χ0) is 30.8. The van der Waals surface area contributed by atoms with Gasteiger partial charge in [-0.3, -0.25) is 14.4 Å². The van der Waals surface area contributed by atoms with Gasteiger partial charge in [-0.05, 0) is 60.6 Å². The second-order valence-electron chi connectivity index (χ2n) is 10.6. The number of benzene rings is 2. The van der Waals surface area contributed by atoms with Gasteiger partial charge >= 0.3 is 6.09 Å². The molecule has 43 heavy (non-hydrogen) atoms. The summed E-state index contributed by atoms with van der Waals surface area (Å²) in [6.07, 6.45) is 4.80. The molecule has 4 rings (SSSR count). The first-order valence-electron chi connectivity index (χ1n) is 14.1. The highest BCUT2D eigenvalue weighted by molar-refractivity contribution is 5.96. The van der Waals surface area contributed by atoms with Gasteiger partial charge in [-0.2, -0.15) is 0 Å². The fraction of sp³-hybridized carbons (Fsp3) is 0.281. The molecule has 3 amide bonds. The van der Waals surface area contributed by atoms with Gasteiger partial charge in [-0.1, -0.05) is 62.4 Å². The van der Waals surface area contributed by atoms with Crippen LogP contribution in [0.3, 0.4) is 0 Å². The molecule has 0 aliphatic heterocycles. The molecule has 2 aromatic carbocycles. The summed E-state index contributed by atoms with van der Waals surface area (Å²) in [7, 11) is 0. The molecule has 5 N–H and O–H groups in total. The molecule has 2 heterocycles. The standard InChI is InChI=1S/C32H36N6O5/c1-21(2)18-23-12-8-14-24-29(23)37-28(34-24)19-38-17-9-15-26(31(38)41)35-30(40)25(13-6-7-16-27(33)39)36-32(42)43-20-22-10-4-3-5-11-22/h3-5,7-12,14-17,21,25H,6,13,18-20H2,1-2H3,(H2,33,39)(H,34,37)(H,35,40)(H,36,42)/b16-7+. The van der Waals surface area contributed by atoms with Crippen LogP contribution >= 0.6 is 0 Å². The number of anilines is 1. The number of imidazole rings is 1. The Morgan fingerprint density at radius 2 is 1.86 bits per heavy atom. The number of rotatable bonds is 13. The van der Waals surface area contributed by atoms with E-state index in [1.807, 2.05) is 42.5 Å². The molecule has 0 aliphatic rings. The number of carbonyl (C=O) groups is 3. The molecule has 0 saturated carbocycles. The summed E-state index contributed by atoms with van der Waals surface area (Å²) >= 11 is 0. The lowest BCUT2D eigenvalue weighted by Crippen LogP contribution is -2.44. The van der Waals surface area contributed by atoms with E-state index in [9.17, 15) is 19.2 Å². The van der Waals surface area contributed by atoms with Crippen LogP contribution in [0.5, 0.6) is 0 Å². The predicted octanol–water partition coefficient (Wildman–Crippen LogP) is 4.03. The summed E-state index contributed by atoms with van der Waals surface area (Å²) < 4.78 is 6.71. The van der Waals surface area contributed by atoms with Gasteiger partial charge in [0.1, 0.15) is 24.2 Å². The summed E-state index contributed by atoms with van der Waals surface area (Å²) in [4.78, 5) is 58.2. The molecular weight excluding hydrogens is 548 g/mol. The number of para-hydroxylation sites is 1. The average molecular weight is 585 g/mol. The fourth-order valence-corrected chi connectivity index (χ4v) is 4.60. The molecule has 1 atom stereocenters. The Morgan fingerprint density at radius 3 is 2.60 bits per heavy atom. The van der Waals surface area contributed by atoms with Gasteiger partial charge in [-0.25, -0.2) is 9.78 Å². The van der Waals surface area contributed by atoms with Crippen molar-refractivity contribution in [3.05, 3.63) is 106 Å². The van der Waals surface area contributed by atoms with Crippen LogP contribution in [0.4, 0.5) is 10.5 Å². The molecule has 4 aromatic rings. The minimum atomic E-state index is -1.05. The number of H-pyrrole nitrogens is 1. The maximum atomic E-state index is 13.3. The van der Waals surface area contributed by atoms with Crippen LogP contribution in [-0.2, 0) is 33.9 Å². The summed E-state index contributed by atoms with van der Waals surface area (Å²) in [6, 6.07) is 17.2. The first kappa shape index (κ1) is 30.8. The number of pyridine rings is 1. The third-order valence-electron chi connectivity index (χ3n) is 6.60. The van der Waals surface area contributed by atoms with Crippen LogP contribution in [-0.4, -0.2) is 38.5 Å². The van der Waals surface area contributed by atoms with Crippen molar-refractivity contribution in [1.29, 1.82) is 0 Å². The van der Waals surface area contributed by atoms with Crippen molar-refractivity contribution in [3.63, 3.8) is 0 Å². The molecule has 224 valence electrons. The minimum Gasteiger partial charge on any atom is -0.445 e. The van der Waals surface area contributed by atoms with E-state index in [2.05, 4.69) is 35.5 Å². The topological polar surface area (TPSA) is 161 Å². The fourth-order valence-electron chi connectivity index (χ4n) is 4.60. The van der Waals surface area contributed by atoms with E-state index in [-0.39, 0.29) is 31.7 Å². The summed E-state index contributed by atoms with van der Waals surface area (Å²) in [5, 5.41) is 5.19. The number of hydrogen-bond acceptors (Lipinski definition) is 6. The lowest BCUT2D eigenvalue weighted by molar-refractivity contribution is -0.118. The number of aromatic nitrogens is 3. The van der Waals surface area contributed by atoms with Gasteiger partial charge in [0.2, 0.25) is 11.8 Å². The normalized spacial score (nSPS) is 12.0. The van der Waals surface area contributed by atoms with Gasteiger partial charge in [-0.15, -0.1) is 0 Å². The molecule has 0 radical (unpaired) electrons. The van der Waals surface area contributed by atoms with Crippen LogP contribution in [0, 0.1) is 5.92 Å².